The summed E-state index contributed by atoms with van der Waals surface area (Å²) in [7, 11) is 0. The van der Waals surface area contributed by atoms with Gasteiger partial charge in [0.25, 0.3) is 0 Å². The molecule has 2 aromatic heterocycles. The van der Waals surface area contributed by atoms with Crippen molar-refractivity contribution in [3.05, 3.63) is 35.8 Å². The van der Waals surface area contributed by atoms with Crippen LogP contribution in [0, 0.1) is 12.3 Å². The topological polar surface area (TPSA) is 73.8 Å². The van der Waals surface area contributed by atoms with Crippen LogP contribution in [0.4, 0.5) is 10.1 Å². The average Bonchev–Trinajstić information content (AvgIpc) is 2.86. The van der Waals surface area contributed by atoms with Gasteiger partial charge in [0.15, 0.2) is 6.10 Å². The molecule has 0 spiro atoms. The minimum absolute atomic E-state index is 0.106. The molecule has 2 aromatic rings. The lowest BCUT2D eigenvalue weighted by Crippen LogP contribution is -2.39. The fourth-order valence-corrected chi connectivity index (χ4v) is 4.92. The van der Waals surface area contributed by atoms with Gasteiger partial charge in [-0.1, -0.05) is 13.8 Å². The van der Waals surface area contributed by atoms with Gasteiger partial charge >= 0.3 is 5.97 Å². The molecule has 0 bridgehead atoms. The van der Waals surface area contributed by atoms with Crippen LogP contribution >= 0.6 is 0 Å². The van der Waals surface area contributed by atoms with Crippen molar-refractivity contribution in [2.45, 2.75) is 112 Å². The molecule has 222 valence electrons. The van der Waals surface area contributed by atoms with Crippen LogP contribution in [0.5, 0.6) is 5.75 Å². The van der Waals surface area contributed by atoms with E-state index >= 15 is 0 Å². The molecule has 8 heteroatoms. The summed E-state index contributed by atoms with van der Waals surface area (Å²) in [6, 6.07) is 3.80. The maximum Gasteiger partial charge on any atom is 0.340 e. The number of ether oxygens (including phenoxy) is 3. The fourth-order valence-electron chi connectivity index (χ4n) is 4.92. The Morgan fingerprint density at radius 3 is 2.33 bits per heavy atom. The molecule has 1 aliphatic rings. The highest BCUT2D eigenvalue weighted by Crippen LogP contribution is 2.43. The molecule has 7 nitrogen and oxygen atoms in total. The Morgan fingerprint density at radius 2 is 1.77 bits per heavy atom. The molecule has 2 atom stereocenters. The minimum atomic E-state index is -0.946. The number of halogens is 1. The number of anilines is 1. The molecular weight excluding hydrogens is 509 g/mol. The number of hydrogen-bond donors (Lipinski definition) is 0. The van der Waals surface area contributed by atoms with Crippen LogP contribution in [-0.2, 0) is 14.3 Å². The first-order valence-corrected chi connectivity index (χ1v) is 14.5. The van der Waals surface area contributed by atoms with Gasteiger partial charge in [0.2, 0.25) is 0 Å². The van der Waals surface area contributed by atoms with Crippen LogP contribution in [0.2, 0.25) is 0 Å². The van der Waals surface area contributed by atoms with Crippen molar-refractivity contribution in [1.82, 2.24) is 9.97 Å². The second-order valence-electron chi connectivity index (χ2n) is 12.9. The zero-order valence-corrected chi connectivity index (χ0v) is 25.8. The van der Waals surface area contributed by atoms with Gasteiger partial charge in [0.1, 0.15) is 5.75 Å². The van der Waals surface area contributed by atoms with Crippen molar-refractivity contribution in [3.8, 4) is 17.0 Å². The van der Waals surface area contributed by atoms with Gasteiger partial charge in [-0.05, 0) is 91.7 Å². The molecule has 3 heterocycles. The molecule has 0 aliphatic carbocycles. The van der Waals surface area contributed by atoms with Crippen molar-refractivity contribution in [2.75, 3.05) is 24.7 Å². The number of nitrogens with zero attached hydrogens (tertiary/aromatic N) is 3. The third-order valence-electron chi connectivity index (χ3n) is 7.11. The summed E-state index contributed by atoms with van der Waals surface area (Å²) in [5, 5.41) is 0. The quantitative estimate of drug-likeness (QED) is 0.266. The first-order valence-electron chi connectivity index (χ1n) is 14.5. The van der Waals surface area contributed by atoms with E-state index in [1.807, 2.05) is 66.8 Å². The lowest BCUT2D eigenvalue weighted by atomic mass is 9.82. The summed E-state index contributed by atoms with van der Waals surface area (Å²) in [6.07, 6.45) is 5.35. The summed E-state index contributed by atoms with van der Waals surface area (Å²) in [5.74, 6) is 0.204. The zero-order valence-electron chi connectivity index (χ0n) is 25.8. The molecule has 1 saturated heterocycles. The Kier molecular flexibility index (Phi) is 10.6. The molecule has 0 saturated carbocycles. The van der Waals surface area contributed by atoms with Gasteiger partial charge in [0, 0.05) is 36.1 Å². The molecule has 0 N–H and O–H groups in total. The number of carbonyl (C=O) groups excluding carboxylic acids is 1. The van der Waals surface area contributed by atoms with E-state index in [9.17, 15) is 9.18 Å². The van der Waals surface area contributed by atoms with E-state index in [0.717, 1.165) is 54.1 Å². The number of hydrogen-bond acceptors (Lipinski definition) is 7. The van der Waals surface area contributed by atoms with Crippen LogP contribution < -0.4 is 9.64 Å². The Bertz CT molecular complexity index is 1120. The van der Waals surface area contributed by atoms with E-state index in [-0.39, 0.29) is 24.3 Å². The Labute approximate surface area is 239 Å². The summed E-state index contributed by atoms with van der Waals surface area (Å²) in [6.45, 7) is 19.3. The molecule has 0 aromatic carbocycles. The van der Waals surface area contributed by atoms with Crippen molar-refractivity contribution >= 4 is 11.7 Å². The smallest absolute Gasteiger partial charge is 0.340 e. The molecule has 1 fully saturated rings. The number of aryl methyl sites for hydroxylation is 1. The maximum absolute atomic E-state index is 13.5. The van der Waals surface area contributed by atoms with Crippen LogP contribution in [0.25, 0.3) is 11.3 Å². The second kappa shape index (κ2) is 13.3. The fraction of sp³-hybridized carbons (Fsp3) is 0.656. The molecule has 2 unspecified atom stereocenters. The van der Waals surface area contributed by atoms with Crippen molar-refractivity contribution < 1.29 is 23.4 Å². The Balaban J connectivity index is 2.13. The first kappa shape index (κ1) is 31.8. The van der Waals surface area contributed by atoms with Crippen LogP contribution in [0.15, 0.2) is 24.5 Å². The van der Waals surface area contributed by atoms with Crippen LogP contribution in [0.3, 0.4) is 0 Å². The van der Waals surface area contributed by atoms with E-state index in [4.69, 9.17) is 24.2 Å². The highest BCUT2D eigenvalue weighted by molar-refractivity contribution is 5.86. The number of aromatic nitrogens is 2. The summed E-state index contributed by atoms with van der Waals surface area (Å²) < 4.78 is 30.6. The largest absolute Gasteiger partial charge is 0.489 e. The average molecular weight is 558 g/mol. The minimum Gasteiger partial charge on any atom is -0.489 e. The highest BCUT2D eigenvalue weighted by Gasteiger charge is 2.37. The van der Waals surface area contributed by atoms with E-state index in [1.165, 1.54) is 0 Å². The maximum atomic E-state index is 13.5. The zero-order chi connectivity index (χ0) is 29.7. The number of pyridine rings is 2. The summed E-state index contributed by atoms with van der Waals surface area (Å²) >= 11 is 0. The van der Waals surface area contributed by atoms with Gasteiger partial charge in [-0.3, -0.25) is 14.4 Å². The normalized spacial score (nSPS) is 17.0. The van der Waals surface area contributed by atoms with E-state index in [0.29, 0.717) is 18.6 Å². The van der Waals surface area contributed by atoms with Crippen molar-refractivity contribution in [3.63, 3.8) is 0 Å². The second-order valence-corrected chi connectivity index (χ2v) is 12.9. The number of piperidine rings is 1. The lowest BCUT2D eigenvalue weighted by molar-refractivity contribution is -0.171. The molecular formula is C32H48FN3O4. The molecule has 3 rings (SSSR count). The molecule has 0 amide bonds. The third-order valence-corrected chi connectivity index (χ3v) is 7.11. The Hall–Kier alpha value is -2.74. The number of esters is 1. The number of alkyl halides is 1. The van der Waals surface area contributed by atoms with Gasteiger partial charge in [-0.25, -0.2) is 4.79 Å². The predicted octanol–water partition coefficient (Wildman–Crippen LogP) is 7.40. The van der Waals surface area contributed by atoms with Crippen molar-refractivity contribution in [1.29, 1.82) is 0 Å². The van der Waals surface area contributed by atoms with Gasteiger partial charge in [-0.15, -0.1) is 0 Å². The predicted molar refractivity (Wildman–Crippen MR) is 158 cm³/mol. The van der Waals surface area contributed by atoms with Gasteiger partial charge in [0.05, 0.1) is 42.1 Å². The summed E-state index contributed by atoms with van der Waals surface area (Å²) in [4.78, 5) is 25.4. The Morgan fingerprint density at radius 1 is 1.10 bits per heavy atom. The highest BCUT2D eigenvalue weighted by atomic mass is 19.1. The third kappa shape index (κ3) is 8.63. The standard InChI is InChI=1S/C32H48FN3O4/c1-21(2)38-30(37)29(40-31(5,6)7)27-23(4)34-20-25(28(27)36-17-14-32(8,9)15-18-36)26-13-12-24(19-35-26)39-22(3)11-10-16-33/h12-13,19-22,29H,10-11,14-18H2,1-9H3. The van der Waals surface area contributed by atoms with Crippen LogP contribution in [0.1, 0.15) is 98.4 Å². The van der Waals surface area contributed by atoms with Crippen molar-refractivity contribution in [2.24, 2.45) is 5.41 Å². The monoisotopic (exact) mass is 557 g/mol. The molecule has 0 radical (unpaired) electrons. The van der Waals surface area contributed by atoms with E-state index in [1.54, 1.807) is 6.20 Å². The molecule has 1 aliphatic heterocycles. The first-order chi connectivity index (χ1) is 18.7. The van der Waals surface area contributed by atoms with Crippen LogP contribution in [-0.4, -0.2) is 53.5 Å². The lowest BCUT2D eigenvalue weighted by Gasteiger charge is -2.41. The SMILES string of the molecule is Cc1ncc(-c2ccc(OC(C)CCCF)cn2)c(N2CCC(C)(C)CC2)c1C(OC(C)(C)C)C(=O)OC(C)C. The van der Waals surface area contributed by atoms with Gasteiger partial charge < -0.3 is 19.1 Å². The van der Waals surface area contributed by atoms with E-state index < -0.39 is 17.7 Å². The van der Waals surface area contributed by atoms with E-state index in [2.05, 4.69) is 18.7 Å². The molecule has 40 heavy (non-hydrogen) atoms. The summed E-state index contributed by atoms with van der Waals surface area (Å²) in [5.41, 5.74) is 3.56. The number of rotatable bonds is 11. The van der Waals surface area contributed by atoms with Gasteiger partial charge in [-0.2, -0.15) is 0 Å². The number of carbonyl (C=O) groups is 1.